The van der Waals surface area contributed by atoms with Gasteiger partial charge in [0.1, 0.15) is 23.6 Å². The lowest BCUT2D eigenvalue weighted by molar-refractivity contribution is -0.131. The molecule has 0 saturated carbocycles. The van der Waals surface area contributed by atoms with Crippen LogP contribution in [0, 0.1) is 0 Å². The van der Waals surface area contributed by atoms with Gasteiger partial charge in [-0.15, -0.1) is 3.89 Å². The van der Waals surface area contributed by atoms with Gasteiger partial charge in [0.15, 0.2) is 0 Å². The Morgan fingerprint density at radius 2 is 1.53 bits per heavy atom. The van der Waals surface area contributed by atoms with Crippen LogP contribution in [-0.4, -0.2) is 41.6 Å². The number of nitrogens with zero attached hydrogens (tertiary/aromatic N) is 1. The Kier molecular flexibility index (Phi) is 5.18. The van der Waals surface area contributed by atoms with Crippen LogP contribution >= 0.6 is 0 Å². The minimum absolute atomic E-state index is 0.0154. The molecule has 1 fully saturated rings. The van der Waals surface area contributed by atoms with Gasteiger partial charge in [0.2, 0.25) is 0 Å². The van der Waals surface area contributed by atoms with E-state index in [0.717, 1.165) is 0 Å². The van der Waals surface area contributed by atoms with Gasteiger partial charge in [0.05, 0.1) is 0 Å². The molecular formula is C6H10FNO5S2. The number of rotatable bonds is 1. The second-order valence-corrected chi connectivity index (χ2v) is 5.45. The molecule has 1 aliphatic heterocycles. The molecule has 0 unspecified atom stereocenters. The monoisotopic (exact) mass is 259 g/mol. The molecule has 0 aromatic heterocycles. The zero-order chi connectivity index (χ0) is 12.2. The molecule has 0 radical (unpaired) electrons. The zero-order valence-electron chi connectivity index (χ0n) is 8.10. The molecule has 15 heavy (non-hydrogen) atoms. The van der Waals surface area contributed by atoms with E-state index >= 15 is 0 Å². The number of amides is 2. The summed E-state index contributed by atoms with van der Waals surface area (Å²) in [5.74, 6) is -0.0309. The van der Waals surface area contributed by atoms with Gasteiger partial charge in [-0.3, -0.25) is 9.59 Å². The average Bonchev–Trinajstić information content (AvgIpc) is 2.26. The highest BCUT2D eigenvalue weighted by molar-refractivity contribution is 7.94. The third-order valence-corrected chi connectivity index (χ3v) is 2.51. The predicted molar refractivity (Wildman–Crippen MR) is 51.1 cm³/mol. The van der Waals surface area contributed by atoms with E-state index in [-0.39, 0.29) is 22.9 Å². The molecule has 9 heteroatoms. The number of halogens is 1. The maximum Gasteiger partial charge on any atom is 0.273 e. The maximum absolute atomic E-state index is 10.9. The Hall–Kier alpha value is -0.670. The van der Waals surface area contributed by atoms with Crippen molar-refractivity contribution in [3.8, 4) is 0 Å². The summed E-state index contributed by atoms with van der Waals surface area (Å²) in [5.41, 5.74) is 0. The van der Waals surface area contributed by atoms with Crippen molar-refractivity contribution >= 4 is 33.4 Å². The number of hydrogen-bond acceptors (Lipinski definition) is 5. The van der Waals surface area contributed by atoms with Crippen LogP contribution in [0.3, 0.4) is 0 Å². The lowest BCUT2D eigenvalue weighted by atomic mass is 10.4. The van der Waals surface area contributed by atoms with E-state index in [1.807, 2.05) is 12.5 Å². The van der Waals surface area contributed by atoms with Gasteiger partial charge < -0.3 is 4.55 Å². The number of carbonyl (C=O) groups is 2. The highest BCUT2D eigenvalue weighted by Crippen LogP contribution is 2.14. The van der Waals surface area contributed by atoms with Gasteiger partial charge in [-0.05, 0) is 0 Å². The summed E-state index contributed by atoms with van der Waals surface area (Å²) in [6, 6.07) is 0. The van der Waals surface area contributed by atoms with Gasteiger partial charge >= 0.3 is 0 Å². The Balaban J connectivity index is 0.000000336. The molecule has 1 heterocycles. The van der Waals surface area contributed by atoms with Crippen LogP contribution in [0.25, 0.3) is 0 Å². The Bertz CT molecular complexity index is 329. The molecule has 1 rings (SSSR count). The van der Waals surface area contributed by atoms with Crippen molar-refractivity contribution in [1.82, 2.24) is 4.31 Å². The van der Waals surface area contributed by atoms with Crippen LogP contribution in [-0.2, 0) is 31.2 Å². The van der Waals surface area contributed by atoms with Gasteiger partial charge in [0, 0.05) is 12.8 Å². The average molecular weight is 259 g/mol. The molecule has 0 aromatic carbocycles. The van der Waals surface area contributed by atoms with Gasteiger partial charge in [-0.1, -0.05) is 4.31 Å². The standard InChI is InChI=1S/C6H10NO2S.FHO3S/c1-10(2)7-5(8)3-4-6(7)9;1-5(2,3)4/h3-4H2,1-2H3;(H,2,3,4)/q+1;/p-1. The summed E-state index contributed by atoms with van der Waals surface area (Å²) in [5, 5.41) is 0. The second-order valence-electron chi connectivity index (χ2n) is 2.75. The minimum Gasteiger partial charge on any atom is -0.722 e. The van der Waals surface area contributed by atoms with Gasteiger partial charge in [-0.2, -0.15) is 0 Å². The van der Waals surface area contributed by atoms with Crippen molar-refractivity contribution in [2.45, 2.75) is 12.8 Å². The van der Waals surface area contributed by atoms with Crippen molar-refractivity contribution in [3.63, 3.8) is 0 Å². The fourth-order valence-electron chi connectivity index (χ4n) is 0.963. The second kappa shape index (κ2) is 5.42. The maximum atomic E-state index is 10.9. The number of carbonyl (C=O) groups excluding carboxylic acids is 2. The first kappa shape index (κ1) is 14.3. The topological polar surface area (TPSA) is 94.6 Å². The van der Waals surface area contributed by atoms with E-state index in [1.165, 1.54) is 4.31 Å². The molecule has 2 amide bonds. The molecule has 1 aliphatic rings. The first-order valence-electron chi connectivity index (χ1n) is 3.72. The summed E-state index contributed by atoms with van der Waals surface area (Å²) in [6.45, 7) is 0. The summed E-state index contributed by atoms with van der Waals surface area (Å²) < 4.78 is 36.7. The molecule has 0 N–H and O–H groups in total. The highest BCUT2D eigenvalue weighted by atomic mass is 32.3. The molecular weight excluding hydrogens is 249 g/mol. The van der Waals surface area contributed by atoms with E-state index in [1.54, 1.807) is 0 Å². The molecule has 88 valence electrons. The largest absolute Gasteiger partial charge is 0.722 e. The van der Waals surface area contributed by atoms with Crippen LogP contribution < -0.4 is 0 Å². The third-order valence-electron chi connectivity index (χ3n) is 1.37. The van der Waals surface area contributed by atoms with Gasteiger partial charge in [-0.25, -0.2) is 8.42 Å². The lowest BCUT2D eigenvalue weighted by Crippen LogP contribution is -2.33. The van der Waals surface area contributed by atoms with Crippen LogP contribution in [0.15, 0.2) is 0 Å². The van der Waals surface area contributed by atoms with Crippen molar-refractivity contribution in [2.75, 3.05) is 12.5 Å². The summed E-state index contributed by atoms with van der Waals surface area (Å²) in [7, 11) is -5.42. The minimum atomic E-state index is -5.42. The fourth-order valence-corrected chi connectivity index (χ4v) is 1.96. The predicted octanol–water partition coefficient (Wildman–Crippen LogP) is -0.656. The molecule has 0 aliphatic carbocycles. The lowest BCUT2D eigenvalue weighted by Gasteiger charge is -2.05. The Labute approximate surface area is 90.0 Å². The van der Waals surface area contributed by atoms with Crippen LogP contribution in [0.5, 0.6) is 0 Å². The quantitative estimate of drug-likeness (QED) is 0.270. The Morgan fingerprint density at radius 3 is 1.67 bits per heavy atom. The summed E-state index contributed by atoms with van der Waals surface area (Å²) >= 11 is -0.217. The third kappa shape index (κ3) is 6.42. The van der Waals surface area contributed by atoms with Crippen molar-refractivity contribution in [1.29, 1.82) is 0 Å². The van der Waals surface area contributed by atoms with Crippen LogP contribution in [0.4, 0.5) is 3.89 Å². The molecule has 6 nitrogen and oxygen atoms in total. The van der Waals surface area contributed by atoms with Crippen molar-refractivity contribution < 1.29 is 26.4 Å². The molecule has 0 spiro atoms. The highest BCUT2D eigenvalue weighted by Gasteiger charge is 2.37. The zero-order valence-corrected chi connectivity index (χ0v) is 9.73. The molecule has 1 saturated heterocycles. The summed E-state index contributed by atoms with van der Waals surface area (Å²) in [4.78, 5) is 21.9. The van der Waals surface area contributed by atoms with E-state index in [9.17, 15) is 13.5 Å². The number of imide groups is 1. The van der Waals surface area contributed by atoms with Gasteiger partial charge in [0.25, 0.3) is 22.3 Å². The van der Waals surface area contributed by atoms with E-state index < -0.39 is 10.5 Å². The van der Waals surface area contributed by atoms with Crippen molar-refractivity contribution in [3.05, 3.63) is 0 Å². The molecule has 0 bridgehead atoms. The van der Waals surface area contributed by atoms with Crippen LogP contribution in [0.2, 0.25) is 0 Å². The smallest absolute Gasteiger partial charge is 0.273 e. The first-order valence-corrected chi connectivity index (χ1v) is 7.02. The number of hydrogen-bond donors (Lipinski definition) is 0. The SMILES string of the molecule is C[S+](C)N1C(=O)CCC1=O.O=S(=O)([O-])F. The molecule has 0 aromatic rings. The van der Waals surface area contributed by atoms with E-state index in [4.69, 9.17) is 13.0 Å². The van der Waals surface area contributed by atoms with Crippen molar-refractivity contribution in [2.24, 2.45) is 0 Å². The van der Waals surface area contributed by atoms with E-state index in [2.05, 4.69) is 0 Å². The Morgan fingerprint density at radius 1 is 1.27 bits per heavy atom. The van der Waals surface area contributed by atoms with Crippen LogP contribution in [0.1, 0.15) is 12.8 Å². The first-order chi connectivity index (χ1) is 6.63. The van der Waals surface area contributed by atoms with E-state index in [0.29, 0.717) is 12.8 Å². The molecule has 0 atom stereocenters. The summed E-state index contributed by atoms with van der Waals surface area (Å²) in [6.07, 6.45) is 4.57. The normalized spacial score (nSPS) is 16.7. The fraction of sp³-hybridized carbons (Fsp3) is 0.667.